The lowest BCUT2D eigenvalue weighted by molar-refractivity contribution is -0.119. The van der Waals surface area contributed by atoms with Gasteiger partial charge in [0.1, 0.15) is 0 Å². The van der Waals surface area contributed by atoms with Gasteiger partial charge in [0.05, 0.1) is 18.8 Å². The molecule has 0 aliphatic heterocycles. The van der Waals surface area contributed by atoms with Crippen LogP contribution in [0.5, 0.6) is 0 Å². The predicted molar refractivity (Wildman–Crippen MR) is 101 cm³/mol. The summed E-state index contributed by atoms with van der Waals surface area (Å²) in [6.07, 6.45) is 0. The molecule has 29 heavy (non-hydrogen) atoms. The highest BCUT2D eigenvalue weighted by molar-refractivity contribution is 5.96. The van der Waals surface area contributed by atoms with Crippen molar-refractivity contribution < 1.29 is 27.6 Å². The molecule has 154 valence electrons. The summed E-state index contributed by atoms with van der Waals surface area (Å²) in [5.41, 5.74) is 0.399. The Morgan fingerprint density at radius 3 is 2.03 bits per heavy atom. The van der Waals surface area contributed by atoms with Gasteiger partial charge in [0.15, 0.2) is 17.5 Å². The van der Waals surface area contributed by atoms with E-state index in [9.17, 15) is 27.6 Å². The lowest BCUT2D eigenvalue weighted by atomic mass is 10.2. The summed E-state index contributed by atoms with van der Waals surface area (Å²) in [5.74, 6) is -5.94. The molecular formula is C19H19F3N4O3. The smallest absolute Gasteiger partial charge is 0.251 e. The van der Waals surface area contributed by atoms with Crippen molar-refractivity contribution in [3.05, 3.63) is 59.4 Å². The Morgan fingerprint density at radius 2 is 1.45 bits per heavy atom. The summed E-state index contributed by atoms with van der Waals surface area (Å²) in [4.78, 5) is 36.8. The fraction of sp³-hybridized carbons (Fsp3) is 0.211. The summed E-state index contributed by atoms with van der Waals surface area (Å²) >= 11 is 0. The molecule has 0 fully saturated rings. The van der Waals surface area contributed by atoms with Crippen molar-refractivity contribution >= 4 is 29.1 Å². The first-order chi connectivity index (χ1) is 13.7. The van der Waals surface area contributed by atoms with Gasteiger partial charge in [-0.3, -0.25) is 19.3 Å². The first-order valence-electron chi connectivity index (χ1n) is 8.45. The number of anilines is 2. The van der Waals surface area contributed by atoms with E-state index < -0.39 is 35.0 Å². The van der Waals surface area contributed by atoms with Crippen LogP contribution in [0.4, 0.5) is 24.5 Å². The molecule has 0 atom stereocenters. The van der Waals surface area contributed by atoms with Crippen molar-refractivity contribution in [2.45, 2.75) is 0 Å². The Bertz CT molecular complexity index is 920. The third-order valence-electron chi connectivity index (χ3n) is 3.79. The molecule has 2 aromatic rings. The van der Waals surface area contributed by atoms with Gasteiger partial charge in [-0.1, -0.05) is 0 Å². The number of carbonyl (C=O) groups is 3. The Morgan fingerprint density at radius 1 is 0.862 bits per heavy atom. The summed E-state index contributed by atoms with van der Waals surface area (Å²) < 4.78 is 39.7. The van der Waals surface area contributed by atoms with Crippen LogP contribution in [0.15, 0.2) is 36.4 Å². The average Bonchev–Trinajstić information content (AvgIpc) is 2.68. The minimum absolute atomic E-state index is 0.162. The van der Waals surface area contributed by atoms with Gasteiger partial charge in [-0.15, -0.1) is 0 Å². The van der Waals surface area contributed by atoms with Crippen LogP contribution in [-0.2, 0) is 9.59 Å². The highest BCUT2D eigenvalue weighted by Gasteiger charge is 2.17. The van der Waals surface area contributed by atoms with Crippen molar-refractivity contribution in [1.29, 1.82) is 0 Å². The van der Waals surface area contributed by atoms with Crippen LogP contribution in [0.1, 0.15) is 10.4 Å². The zero-order valence-electron chi connectivity index (χ0n) is 15.7. The van der Waals surface area contributed by atoms with Crippen LogP contribution in [0.3, 0.4) is 0 Å². The monoisotopic (exact) mass is 408 g/mol. The standard InChI is InChI=1S/C19H19F3N4O3/c1-23-19(29)11-3-5-12(6-4-11)24-15(27)9-26(2)10-16(28)25-14-8-7-13(20)17(21)18(14)22/h3-8H,9-10H2,1-2H3,(H,23,29)(H,24,27)(H,25,28). The van der Waals surface area contributed by atoms with E-state index in [1.165, 1.54) is 19.0 Å². The van der Waals surface area contributed by atoms with Gasteiger partial charge in [0.2, 0.25) is 11.8 Å². The van der Waals surface area contributed by atoms with E-state index in [1.54, 1.807) is 24.3 Å². The van der Waals surface area contributed by atoms with E-state index >= 15 is 0 Å². The summed E-state index contributed by atoms with van der Waals surface area (Å²) in [6, 6.07) is 7.80. The van der Waals surface area contributed by atoms with Crippen molar-refractivity contribution in [3.63, 3.8) is 0 Å². The maximum Gasteiger partial charge on any atom is 0.251 e. The molecule has 3 amide bonds. The van der Waals surface area contributed by atoms with Gasteiger partial charge in [-0.05, 0) is 43.4 Å². The minimum atomic E-state index is -1.68. The van der Waals surface area contributed by atoms with Gasteiger partial charge >= 0.3 is 0 Å². The second kappa shape index (κ2) is 9.69. The molecule has 3 N–H and O–H groups in total. The SMILES string of the molecule is CNC(=O)c1ccc(NC(=O)CN(C)CC(=O)Nc2ccc(F)c(F)c2F)cc1. The van der Waals surface area contributed by atoms with Crippen LogP contribution in [-0.4, -0.2) is 49.8 Å². The fourth-order valence-corrected chi connectivity index (χ4v) is 2.41. The summed E-state index contributed by atoms with van der Waals surface area (Å²) in [6.45, 7) is -0.452. The maximum atomic E-state index is 13.6. The number of nitrogens with zero attached hydrogens (tertiary/aromatic N) is 1. The van der Waals surface area contributed by atoms with Crippen molar-refractivity contribution in [3.8, 4) is 0 Å². The Balaban J connectivity index is 1.86. The van der Waals surface area contributed by atoms with Crippen molar-refractivity contribution in [2.24, 2.45) is 0 Å². The third-order valence-corrected chi connectivity index (χ3v) is 3.79. The van der Waals surface area contributed by atoms with Gasteiger partial charge in [0, 0.05) is 18.3 Å². The number of benzene rings is 2. The number of hydrogen-bond acceptors (Lipinski definition) is 4. The maximum absolute atomic E-state index is 13.6. The molecule has 0 saturated carbocycles. The third kappa shape index (κ3) is 6.04. The van der Waals surface area contributed by atoms with E-state index in [-0.39, 0.29) is 19.0 Å². The molecule has 2 rings (SSSR count). The number of carbonyl (C=O) groups excluding carboxylic acids is 3. The predicted octanol–water partition coefficient (Wildman–Crippen LogP) is 1.97. The quantitative estimate of drug-likeness (QED) is 0.611. The highest BCUT2D eigenvalue weighted by Crippen LogP contribution is 2.19. The van der Waals surface area contributed by atoms with Gasteiger partial charge < -0.3 is 16.0 Å². The topological polar surface area (TPSA) is 90.5 Å². The minimum Gasteiger partial charge on any atom is -0.355 e. The summed E-state index contributed by atoms with van der Waals surface area (Å²) in [7, 11) is 2.99. The average molecular weight is 408 g/mol. The van der Waals surface area contributed by atoms with Crippen LogP contribution in [0, 0.1) is 17.5 Å². The highest BCUT2D eigenvalue weighted by atomic mass is 19.2. The largest absolute Gasteiger partial charge is 0.355 e. The summed E-state index contributed by atoms with van der Waals surface area (Å²) in [5, 5.41) is 7.21. The first kappa shape index (κ1) is 21.9. The number of hydrogen-bond donors (Lipinski definition) is 3. The second-order valence-electron chi connectivity index (χ2n) is 6.15. The molecule has 0 heterocycles. The molecular weight excluding hydrogens is 389 g/mol. The Labute approximate surface area is 164 Å². The first-order valence-corrected chi connectivity index (χ1v) is 8.45. The number of amides is 3. The Hall–Kier alpha value is -3.40. The molecule has 0 bridgehead atoms. The van der Waals surface area contributed by atoms with Crippen LogP contribution < -0.4 is 16.0 Å². The number of halogens is 3. The molecule has 0 spiro atoms. The zero-order chi connectivity index (χ0) is 21.6. The number of nitrogens with one attached hydrogen (secondary N) is 3. The molecule has 0 aliphatic carbocycles. The van der Waals surface area contributed by atoms with Crippen LogP contribution >= 0.6 is 0 Å². The normalized spacial score (nSPS) is 10.6. The van der Waals surface area contributed by atoms with Crippen molar-refractivity contribution in [2.75, 3.05) is 37.8 Å². The van der Waals surface area contributed by atoms with Gasteiger partial charge in [0.25, 0.3) is 5.91 Å². The van der Waals surface area contributed by atoms with E-state index in [1.807, 2.05) is 0 Å². The van der Waals surface area contributed by atoms with Crippen LogP contribution in [0.25, 0.3) is 0 Å². The Kier molecular flexibility index (Phi) is 7.32. The second-order valence-corrected chi connectivity index (χ2v) is 6.15. The zero-order valence-corrected chi connectivity index (χ0v) is 15.7. The lowest BCUT2D eigenvalue weighted by Gasteiger charge is -2.16. The molecule has 0 aromatic heterocycles. The molecule has 10 heteroatoms. The van der Waals surface area contributed by atoms with Gasteiger partial charge in [-0.2, -0.15) is 0 Å². The molecule has 0 saturated heterocycles. The molecule has 7 nitrogen and oxygen atoms in total. The van der Waals surface area contributed by atoms with Gasteiger partial charge in [-0.25, -0.2) is 13.2 Å². The lowest BCUT2D eigenvalue weighted by Crippen LogP contribution is -2.36. The number of rotatable bonds is 7. The van der Waals surface area contributed by atoms with Crippen LogP contribution in [0.2, 0.25) is 0 Å². The van der Waals surface area contributed by atoms with Crippen molar-refractivity contribution in [1.82, 2.24) is 10.2 Å². The molecule has 2 aromatic carbocycles. The van der Waals surface area contributed by atoms with E-state index in [2.05, 4.69) is 16.0 Å². The molecule has 0 aliphatic rings. The molecule has 0 radical (unpaired) electrons. The molecule has 0 unspecified atom stereocenters. The van der Waals surface area contributed by atoms with E-state index in [0.29, 0.717) is 17.3 Å². The van der Waals surface area contributed by atoms with E-state index in [0.717, 1.165) is 6.07 Å². The van der Waals surface area contributed by atoms with E-state index in [4.69, 9.17) is 0 Å². The fourth-order valence-electron chi connectivity index (χ4n) is 2.41. The number of likely N-dealkylation sites (N-methyl/N-ethyl adjacent to an activating group) is 1.